The van der Waals surface area contributed by atoms with Crippen LogP contribution in [0, 0.1) is 11.1 Å². The van der Waals surface area contributed by atoms with Crippen molar-refractivity contribution in [2.24, 2.45) is 11.2 Å². The molecule has 0 spiro atoms. The van der Waals surface area contributed by atoms with E-state index in [1.807, 2.05) is 0 Å². The molecule has 9 heteroatoms. The Hall–Kier alpha value is -2.06. The standard InChI is InChI=1S/C10H17N3O6/c1-7(14)18-8(2)19-11-13(17)12-5-3-4-9(6-12)10(15)16/h8-9H,3-6H2,1-2H3,(H,15,16). The second-order valence-corrected chi connectivity index (χ2v) is 4.21. The minimum absolute atomic E-state index is 0.0770. The van der Waals surface area contributed by atoms with Crippen LogP contribution in [0.2, 0.25) is 0 Å². The fourth-order valence-electron chi connectivity index (χ4n) is 1.73. The number of aliphatic carboxylic acids is 1. The average molecular weight is 275 g/mol. The Morgan fingerprint density at radius 3 is 2.84 bits per heavy atom. The second-order valence-electron chi connectivity index (χ2n) is 4.21. The van der Waals surface area contributed by atoms with Gasteiger partial charge in [0.25, 0.3) is 6.29 Å². The van der Waals surface area contributed by atoms with Crippen molar-refractivity contribution >= 4 is 11.9 Å². The number of hydrazine groups is 1. The molecule has 0 aromatic rings. The van der Waals surface area contributed by atoms with Crippen molar-refractivity contribution in [2.75, 3.05) is 13.1 Å². The Labute approximate surface area is 109 Å². The van der Waals surface area contributed by atoms with Gasteiger partial charge in [0.2, 0.25) is 5.28 Å². The molecule has 0 aromatic heterocycles. The number of rotatable bonds is 5. The highest BCUT2D eigenvalue weighted by atomic mass is 16.8. The van der Waals surface area contributed by atoms with Crippen LogP contribution in [0.1, 0.15) is 26.7 Å². The average Bonchev–Trinajstić information content (AvgIpc) is 2.35. The van der Waals surface area contributed by atoms with Gasteiger partial charge in [0.05, 0.1) is 24.0 Å². The van der Waals surface area contributed by atoms with Crippen molar-refractivity contribution in [2.45, 2.75) is 33.0 Å². The molecule has 0 radical (unpaired) electrons. The van der Waals surface area contributed by atoms with Crippen LogP contribution in [-0.2, 0) is 19.2 Å². The summed E-state index contributed by atoms with van der Waals surface area (Å²) in [5.41, 5.74) is 0. The van der Waals surface area contributed by atoms with Crippen molar-refractivity contribution in [1.29, 1.82) is 0 Å². The predicted octanol–water partition coefficient (Wildman–Crippen LogP) is 0.501. The first-order chi connectivity index (χ1) is 8.90. The molecule has 108 valence electrons. The molecule has 1 saturated heterocycles. The third kappa shape index (κ3) is 4.98. The highest BCUT2D eigenvalue weighted by Crippen LogP contribution is 2.16. The molecule has 0 aromatic carbocycles. The molecule has 0 aliphatic carbocycles. The van der Waals surface area contributed by atoms with Crippen LogP contribution in [0.5, 0.6) is 0 Å². The first-order valence-corrected chi connectivity index (χ1v) is 5.89. The fraction of sp³-hybridized carbons (Fsp3) is 0.800. The lowest BCUT2D eigenvalue weighted by Crippen LogP contribution is -2.42. The van der Waals surface area contributed by atoms with Gasteiger partial charge in [-0.05, 0) is 12.8 Å². The summed E-state index contributed by atoms with van der Waals surface area (Å²) in [6.07, 6.45) is 0.142. The van der Waals surface area contributed by atoms with Gasteiger partial charge in [-0.15, -0.1) is 5.01 Å². The maximum Gasteiger partial charge on any atom is 0.308 e. The molecule has 1 aliphatic rings. The summed E-state index contributed by atoms with van der Waals surface area (Å²) in [5, 5.41) is 24.9. The number of carboxylic acid groups (broad SMARTS) is 1. The molecule has 1 heterocycles. The molecule has 19 heavy (non-hydrogen) atoms. The number of esters is 1. The number of nitrogens with zero attached hydrogens (tertiary/aromatic N) is 3. The summed E-state index contributed by atoms with van der Waals surface area (Å²) in [6, 6.07) is 0. The molecule has 0 bridgehead atoms. The van der Waals surface area contributed by atoms with E-state index in [0.717, 1.165) is 0 Å². The molecule has 2 unspecified atom stereocenters. The minimum atomic E-state index is -0.978. The maximum atomic E-state index is 11.6. The van der Waals surface area contributed by atoms with Crippen LogP contribution >= 0.6 is 0 Å². The fourth-order valence-corrected chi connectivity index (χ4v) is 1.73. The lowest BCUT2D eigenvalue weighted by Gasteiger charge is -2.26. The lowest BCUT2D eigenvalue weighted by molar-refractivity contribution is -0.715. The van der Waals surface area contributed by atoms with Gasteiger partial charge in [0.1, 0.15) is 0 Å². The molecule has 1 aliphatic heterocycles. The minimum Gasteiger partial charge on any atom is -0.569 e. The van der Waals surface area contributed by atoms with Gasteiger partial charge < -0.3 is 15.1 Å². The topological polar surface area (TPSA) is 114 Å². The first-order valence-electron chi connectivity index (χ1n) is 5.89. The normalized spacial score (nSPS) is 21.7. The highest BCUT2D eigenvalue weighted by Gasteiger charge is 2.29. The second kappa shape index (κ2) is 6.76. The molecule has 1 N–H and O–H groups in total. The van der Waals surface area contributed by atoms with Crippen molar-refractivity contribution in [1.82, 2.24) is 5.01 Å². The smallest absolute Gasteiger partial charge is 0.308 e. The van der Waals surface area contributed by atoms with Gasteiger partial charge in [0, 0.05) is 13.8 Å². The van der Waals surface area contributed by atoms with Gasteiger partial charge in [-0.1, -0.05) is 0 Å². The number of carbonyl (C=O) groups excluding carboxylic acids is 1. The lowest BCUT2D eigenvalue weighted by atomic mass is 10.00. The number of carbonyl (C=O) groups is 2. The van der Waals surface area contributed by atoms with Gasteiger partial charge in [0.15, 0.2) is 0 Å². The van der Waals surface area contributed by atoms with Crippen LogP contribution in [0.4, 0.5) is 0 Å². The number of hydrogen-bond acceptors (Lipinski definition) is 6. The van der Waals surface area contributed by atoms with E-state index in [9.17, 15) is 14.8 Å². The Balaban J connectivity index is 2.49. The monoisotopic (exact) mass is 275 g/mol. The van der Waals surface area contributed by atoms with E-state index < -0.39 is 24.1 Å². The van der Waals surface area contributed by atoms with Gasteiger partial charge in [-0.25, -0.2) is 0 Å². The van der Waals surface area contributed by atoms with Crippen LogP contribution in [0.3, 0.4) is 0 Å². The Morgan fingerprint density at radius 1 is 1.58 bits per heavy atom. The Morgan fingerprint density at radius 2 is 2.26 bits per heavy atom. The number of ether oxygens (including phenoxy) is 1. The van der Waals surface area contributed by atoms with Crippen molar-refractivity contribution in [3.63, 3.8) is 0 Å². The van der Waals surface area contributed by atoms with Crippen LogP contribution in [-0.4, -0.2) is 46.4 Å². The molecule has 9 nitrogen and oxygen atoms in total. The summed E-state index contributed by atoms with van der Waals surface area (Å²) in [5.74, 6) is -2.08. The van der Waals surface area contributed by atoms with Crippen LogP contribution in [0.15, 0.2) is 5.28 Å². The van der Waals surface area contributed by atoms with E-state index in [-0.39, 0.29) is 11.5 Å². The van der Waals surface area contributed by atoms with Crippen molar-refractivity contribution in [3.8, 4) is 0 Å². The van der Waals surface area contributed by atoms with E-state index in [1.54, 1.807) is 0 Å². The van der Waals surface area contributed by atoms with Crippen LogP contribution in [0.25, 0.3) is 0 Å². The number of hydrogen-bond donors (Lipinski definition) is 1. The molecular formula is C10H17N3O6. The van der Waals surface area contributed by atoms with E-state index in [1.165, 1.54) is 18.9 Å². The summed E-state index contributed by atoms with van der Waals surface area (Å²) in [4.78, 5) is 26.3. The summed E-state index contributed by atoms with van der Waals surface area (Å²) < 4.78 is 4.61. The first kappa shape index (κ1) is 15.0. The van der Waals surface area contributed by atoms with Crippen molar-refractivity contribution in [3.05, 3.63) is 5.21 Å². The van der Waals surface area contributed by atoms with Crippen LogP contribution < -0.4 is 0 Å². The summed E-state index contributed by atoms with van der Waals surface area (Å²) in [7, 11) is 0. The highest BCUT2D eigenvalue weighted by molar-refractivity contribution is 5.70. The largest absolute Gasteiger partial charge is 0.569 e. The predicted molar refractivity (Wildman–Crippen MR) is 60.3 cm³/mol. The zero-order valence-electron chi connectivity index (χ0n) is 10.8. The Kier molecular flexibility index (Phi) is 5.34. The van der Waals surface area contributed by atoms with Crippen molar-refractivity contribution < 1.29 is 29.2 Å². The van der Waals surface area contributed by atoms with E-state index >= 15 is 0 Å². The zero-order valence-corrected chi connectivity index (χ0v) is 10.8. The van der Waals surface area contributed by atoms with Gasteiger partial charge >= 0.3 is 11.9 Å². The number of carboxylic acids is 1. The molecule has 2 atom stereocenters. The van der Waals surface area contributed by atoms with E-state index in [4.69, 9.17) is 5.11 Å². The number of piperidine rings is 1. The quantitative estimate of drug-likeness (QED) is 0.255. The van der Waals surface area contributed by atoms with E-state index in [2.05, 4.69) is 14.9 Å². The third-order valence-corrected chi connectivity index (χ3v) is 2.59. The maximum absolute atomic E-state index is 11.6. The third-order valence-electron chi connectivity index (χ3n) is 2.59. The SMILES string of the molecule is CC(=O)OC(C)ON=[N+]([O-])N1CCCC(C(=O)O)C1. The van der Waals surface area contributed by atoms with Gasteiger partial charge in [-0.3, -0.25) is 14.4 Å². The summed E-state index contributed by atoms with van der Waals surface area (Å²) >= 11 is 0. The Bertz CT molecular complexity index is 372. The molecule has 1 rings (SSSR count). The molecule has 0 amide bonds. The summed E-state index contributed by atoms with van der Waals surface area (Å²) in [6.45, 7) is 3.10. The molecule has 1 fully saturated rings. The van der Waals surface area contributed by atoms with E-state index in [0.29, 0.717) is 19.4 Å². The molecular weight excluding hydrogens is 258 g/mol. The van der Waals surface area contributed by atoms with Gasteiger partial charge in [-0.2, -0.15) is 0 Å². The zero-order chi connectivity index (χ0) is 14.4. The molecule has 0 saturated carbocycles.